The molecule has 0 radical (unpaired) electrons. The van der Waals surface area contributed by atoms with E-state index >= 15 is 0 Å². The summed E-state index contributed by atoms with van der Waals surface area (Å²) in [6.07, 6.45) is -0.144. The third kappa shape index (κ3) is 2.55. The van der Waals surface area contributed by atoms with Gasteiger partial charge in [0.2, 0.25) is 5.91 Å². The van der Waals surface area contributed by atoms with Crippen molar-refractivity contribution in [1.29, 1.82) is 0 Å². The highest BCUT2D eigenvalue weighted by Gasteiger charge is 2.54. The first-order valence-corrected chi connectivity index (χ1v) is 7.52. The Hall–Kier alpha value is -1.12. The first-order chi connectivity index (χ1) is 9.34. The lowest BCUT2D eigenvalue weighted by molar-refractivity contribution is -0.134. The van der Waals surface area contributed by atoms with Crippen molar-refractivity contribution in [1.82, 2.24) is 10.2 Å². The second kappa shape index (κ2) is 5.71. The van der Waals surface area contributed by atoms with Crippen LogP contribution in [0.1, 0.15) is 20.3 Å². The molecule has 0 spiro atoms. The zero-order chi connectivity index (χ0) is 15.0. The van der Waals surface area contributed by atoms with E-state index in [1.807, 2.05) is 0 Å². The van der Waals surface area contributed by atoms with Crippen LogP contribution in [0.2, 0.25) is 0 Å². The number of aliphatic hydroxyl groups excluding tert-OH is 1. The van der Waals surface area contributed by atoms with Gasteiger partial charge in [0.05, 0.1) is 22.4 Å². The van der Waals surface area contributed by atoms with E-state index in [4.69, 9.17) is 12.2 Å². The smallest absolute Gasteiger partial charge is 0.353 e. The number of hydrogen-bond acceptors (Lipinski definition) is 5. The number of nitrogens with one attached hydrogen (secondary N) is 1. The molecule has 0 bridgehead atoms. The van der Waals surface area contributed by atoms with Crippen molar-refractivity contribution < 1.29 is 19.8 Å². The number of rotatable bonds is 5. The summed E-state index contributed by atoms with van der Waals surface area (Å²) < 4.78 is 0. The lowest BCUT2D eigenvalue weighted by Gasteiger charge is -2.46. The van der Waals surface area contributed by atoms with Crippen LogP contribution in [0.25, 0.3) is 0 Å². The van der Waals surface area contributed by atoms with E-state index in [0.29, 0.717) is 22.9 Å². The number of nitrogens with zero attached hydrogens (tertiary/aromatic N) is 1. The molecule has 2 aliphatic heterocycles. The summed E-state index contributed by atoms with van der Waals surface area (Å²) in [7, 11) is 0. The van der Waals surface area contributed by atoms with Gasteiger partial charge in [-0.25, -0.2) is 4.79 Å². The van der Waals surface area contributed by atoms with Gasteiger partial charge in [-0.15, -0.1) is 11.8 Å². The Balaban J connectivity index is 2.13. The first-order valence-electron chi connectivity index (χ1n) is 6.23. The number of amides is 1. The normalized spacial score (nSPS) is 26.1. The molecule has 1 amide bonds. The van der Waals surface area contributed by atoms with Gasteiger partial charge in [0, 0.05) is 18.4 Å². The van der Waals surface area contributed by atoms with Gasteiger partial charge in [-0.3, -0.25) is 4.79 Å². The van der Waals surface area contributed by atoms with E-state index in [2.05, 4.69) is 5.32 Å². The molecule has 2 heterocycles. The molecule has 6 nitrogen and oxygen atoms in total. The number of hydrogen-bond donors (Lipinski definition) is 3. The zero-order valence-electron chi connectivity index (χ0n) is 11.1. The number of carbonyl (C=O) groups excluding carboxylic acids is 1. The van der Waals surface area contributed by atoms with E-state index in [9.17, 15) is 19.8 Å². The summed E-state index contributed by atoms with van der Waals surface area (Å²) in [5.41, 5.74) is 0.187. The molecule has 1 unspecified atom stereocenters. The number of thioether (sulfide) groups is 1. The fourth-order valence-corrected chi connectivity index (χ4v) is 4.70. The third-order valence-electron chi connectivity index (χ3n) is 3.30. The molecular formula is C12H16N2O4S2. The Morgan fingerprint density at radius 1 is 1.55 bits per heavy atom. The minimum absolute atomic E-state index is 0.138. The highest BCUT2D eigenvalue weighted by molar-refractivity contribution is 8.04. The highest BCUT2D eigenvalue weighted by Crippen LogP contribution is 2.51. The number of carbonyl (C=O) groups is 2. The van der Waals surface area contributed by atoms with Crippen LogP contribution in [-0.4, -0.2) is 50.0 Å². The lowest BCUT2D eigenvalue weighted by atomic mass is 9.93. The maximum absolute atomic E-state index is 11.4. The highest BCUT2D eigenvalue weighted by atomic mass is 32.2. The van der Waals surface area contributed by atoms with Crippen LogP contribution in [0, 0.1) is 5.92 Å². The van der Waals surface area contributed by atoms with Gasteiger partial charge in [0.15, 0.2) is 0 Å². The van der Waals surface area contributed by atoms with E-state index in [-0.39, 0.29) is 22.9 Å². The van der Waals surface area contributed by atoms with Gasteiger partial charge < -0.3 is 20.4 Å². The molecule has 1 saturated heterocycles. The van der Waals surface area contributed by atoms with Gasteiger partial charge in [0.25, 0.3) is 0 Å². The SMILES string of the molecule is CC(=O)NCCC1=C(C(=O)O)N2C(=S)[C@@H](C(C)O)[C@H]2S1. The Morgan fingerprint density at radius 2 is 2.20 bits per heavy atom. The zero-order valence-corrected chi connectivity index (χ0v) is 12.8. The number of aliphatic carboxylic acids is 1. The molecule has 3 N–H and O–H groups in total. The van der Waals surface area contributed by atoms with Crippen molar-refractivity contribution in [3.05, 3.63) is 10.6 Å². The van der Waals surface area contributed by atoms with Crippen molar-refractivity contribution in [3.8, 4) is 0 Å². The Bertz CT molecular complexity index is 504. The number of carboxylic acids is 1. The Kier molecular flexibility index (Phi) is 4.36. The topological polar surface area (TPSA) is 89.9 Å². The molecule has 0 aromatic carbocycles. The molecule has 8 heteroatoms. The molecule has 0 aliphatic carbocycles. The van der Waals surface area contributed by atoms with Crippen LogP contribution >= 0.6 is 24.0 Å². The molecule has 3 atom stereocenters. The third-order valence-corrected chi connectivity index (χ3v) is 5.20. The summed E-state index contributed by atoms with van der Waals surface area (Å²) >= 11 is 6.62. The first kappa shape index (κ1) is 15.3. The van der Waals surface area contributed by atoms with Crippen LogP contribution in [-0.2, 0) is 9.59 Å². The van der Waals surface area contributed by atoms with Gasteiger partial charge in [-0.2, -0.15) is 0 Å². The minimum Gasteiger partial charge on any atom is -0.477 e. The van der Waals surface area contributed by atoms with Crippen molar-refractivity contribution in [2.75, 3.05) is 6.54 Å². The second-order valence-electron chi connectivity index (χ2n) is 4.79. The maximum atomic E-state index is 11.4. The van der Waals surface area contributed by atoms with Gasteiger partial charge in [-0.1, -0.05) is 12.2 Å². The van der Waals surface area contributed by atoms with Crippen LogP contribution < -0.4 is 5.32 Å². The van der Waals surface area contributed by atoms with Crippen LogP contribution in [0.5, 0.6) is 0 Å². The van der Waals surface area contributed by atoms with Crippen molar-refractivity contribution in [2.45, 2.75) is 31.7 Å². The van der Waals surface area contributed by atoms with E-state index in [1.165, 1.54) is 18.7 Å². The predicted octanol–water partition coefficient (Wildman–Crippen LogP) is 0.522. The van der Waals surface area contributed by atoms with Crippen molar-refractivity contribution >= 4 is 40.8 Å². The average Bonchev–Trinajstić information content (AvgIpc) is 2.63. The fourth-order valence-electron chi connectivity index (χ4n) is 2.38. The number of thiocarbonyl (C=S) groups is 1. The second-order valence-corrected chi connectivity index (χ2v) is 6.42. The van der Waals surface area contributed by atoms with Gasteiger partial charge in [0.1, 0.15) is 5.70 Å². The monoisotopic (exact) mass is 316 g/mol. The van der Waals surface area contributed by atoms with Gasteiger partial charge in [-0.05, 0) is 13.3 Å². The number of aliphatic hydroxyl groups is 1. The van der Waals surface area contributed by atoms with Crippen LogP contribution in [0.3, 0.4) is 0 Å². The molecule has 0 aromatic heterocycles. The largest absolute Gasteiger partial charge is 0.477 e. The molecule has 110 valence electrons. The molecule has 2 aliphatic rings. The summed E-state index contributed by atoms with van der Waals surface area (Å²) in [6, 6.07) is 0. The summed E-state index contributed by atoms with van der Waals surface area (Å²) in [4.78, 5) is 25.0. The molecule has 0 aromatic rings. The molecule has 1 fully saturated rings. The van der Waals surface area contributed by atoms with Gasteiger partial charge >= 0.3 is 5.97 Å². The maximum Gasteiger partial charge on any atom is 0.353 e. The quantitative estimate of drug-likeness (QED) is 0.637. The van der Waals surface area contributed by atoms with E-state index in [1.54, 1.807) is 11.8 Å². The molecular weight excluding hydrogens is 300 g/mol. The summed E-state index contributed by atoms with van der Waals surface area (Å²) in [5, 5.41) is 21.5. The van der Waals surface area contributed by atoms with Crippen LogP contribution in [0.4, 0.5) is 0 Å². The van der Waals surface area contributed by atoms with Crippen molar-refractivity contribution in [2.24, 2.45) is 5.92 Å². The van der Waals surface area contributed by atoms with E-state index < -0.39 is 12.1 Å². The lowest BCUT2D eigenvalue weighted by Crippen LogP contribution is -2.59. The summed E-state index contributed by atoms with van der Waals surface area (Å²) in [5.74, 6) is -1.36. The Morgan fingerprint density at radius 3 is 2.70 bits per heavy atom. The summed E-state index contributed by atoms with van der Waals surface area (Å²) in [6.45, 7) is 3.46. The fraction of sp³-hybridized carbons (Fsp3) is 0.583. The minimum atomic E-state index is -1.02. The van der Waals surface area contributed by atoms with E-state index in [0.717, 1.165) is 0 Å². The molecule has 2 rings (SSSR count). The average molecular weight is 316 g/mol. The molecule has 20 heavy (non-hydrogen) atoms. The van der Waals surface area contributed by atoms with Crippen molar-refractivity contribution in [3.63, 3.8) is 0 Å². The van der Waals surface area contributed by atoms with Crippen LogP contribution in [0.15, 0.2) is 10.6 Å². The molecule has 0 saturated carbocycles. The Labute approximate surface area is 126 Å². The standard InChI is InChI=1S/C12H16N2O4S2/c1-5(15)8-10(19)14-9(12(17)18)7(20-11(8)14)3-4-13-6(2)16/h5,8,11,15H,3-4H2,1-2H3,(H,13,16)(H,17,18)/t5?,8-,11-/m1/s1. The number of carboxylic acid groups (broad SMARTS) is 1. The predicted molar refractivity (Wildman–Crippen MR) is 78.9 cm³/mol. The number of fused-ring (bicyclic) bond motifs is 1.